The van der Waals surface area contributed by atoms with Gasteiger partial charge in [0.15, 0.2) is 6.04 Å². The Hall–Kier alpha value is -2.60. The van der Waals surface area contributed by atoms with Gasteiger partial charge in [-0.05, 0) is 31.2 Å². The summed E-state index contributed by atoms with van der Waals surface area (Å²) in [6, 6.07) is 10.8. The predicted molar refractivity (Wildman–Crippen MR) is 96.2 cm³/mol. The largest absolute Gasteiger partial charge is 0.496 e. The van der Waals surface area contributed by atoms with Crippen molar-refractivity contribution in [1.82, 2.24) is 4.90 Å². The normalized spacial score (nSPS) is 18.2. The number of hydrogen-bond acceptors (Lipinski definition) is 3. The van der Waals surface area contributed by atoms with Gasteiger partial charge in [-0.15, -0.1) is 0 Å². The molecule has 3 rings (SSSR count). The number of benzene rings is 2. The first-order valence-electron chi connectivity index (χ1n) is 8.52. The maximum absolute atomic E-state index is 12.7. The number of nitrogens with one attached hydrogen (secondary N) is 1. The van der Waals surface area contributed by atoms with Gasteiger partial charge in [0.2, 0.25) is 5.91 Å². The zero-order valence-corrected chi connectivity index (χ0v) is 14.6. The summed E-state index contributed by atoms with van der Waals surface area (Å²) in [5, 5.41) is 4.92. The van der Waals surface area contributed by atoms with E-state index in [1.54, 1.807) is 18.9 Å². The van der Waals surface area contributed by atoms with Crippen LogP contribution in [0.25, 0.3) is 10.8 Å². The van der Waals surface area contributed by atoms with Crippen molar-refractivity contribution in [2.45, 2.75) is 31.8 Å². The third-order valence-electron chi connectivity index (χ3n) is 4.57. The van der Waals surface area contributed by atoms with Crippen molar-refractivity contribution < 1.29 is 20.1 Å². The molecule has 2 atom stereocenters. The van der Waals surface area contributed by atoms with Crippen molar-refractivity contribution in [3.05, 3.63) is 36.4 Å². The number of likely N-dealkylation sites (tertiary alicyclic amines) is 1. The summed E-state index contributed by atoms with van der Waals surface area (Å²) in [4.78, 5) is 26.6. The minimum atomic E-state index is -0.436. The minimum Gasteiger partial charge on any atom is -0.496 e. The monoisotopic (exact) mass is 342 g/mol. The predicted octanol–water partition coefficient (Wildman–Crippen LogP) is 1.41. The van der Waals surface area contributed by atoms with Gasteiger partial charge >= 0.3 is 0 Å². The zero-order chi connectivity index (χ0) is 18.0. The number of nitrogens with zero attached hydrogens (tertiary/aromatic N) is 1. The summed E-state index contributed by atoms with van der Waals surface area (Å²) in [7, 11) is 1.61. The molecule has 1 heterocycles. The van der Waals surface area contributed by atoms with E-state index in [1.807, 2.05) is 36.4 Å². The van der Waals surface area contributed by atoms with Crippen molar-refractivity contribution in [1.29, 1.82) is 0 Å². The molecule has 25 heavy (non-hydrogen) atoms. The maximum Gasteiger partial charge on any atom is 0.281 e. The molecule has 0 aromatic heterocycles. The van der Waals surface area contributed by atoms with Gasteiger partial charge in [0, 0.05) is 23.7 Å². The van der Waals surface area contributed by atoms with Gasteiger partial charge in [0.05, 0.1) is 7.11 Å². The fraction of sp³-hybridized carbons (Fsp3) is 0.368. The highest BCUT2D eigenvalue weighted by molar-refractivity contribution is 6.00. The van der Waals surface area contributed by atoms with Crippen molar-refractivity contribution in [2.75, 3.05) is 19.0 Å². The van der Waals surface area contributed by atoms with Gasteiger partial charge in [0.1, 0.15) is 11.8 Å². The van der Waals surface area contributed by atoms with Gasteiger partial charge in [0.25, 0.3) is 5.91 Å². The second-order valence-corrected chi connectivity index (χ2v) is 6.48. The van der Waals surface area contributed by atoms with Crippen LogP contribution in [0.5, 0.6) is 5.75 Å². The summed E-state index contributed by atoms with van der Waals surface area (Å²) >= 11 is 0. The Morgan fingerprint density at radius 1 is 1.32 bits per heavy atom. The summed E-state index contributed by atoms with van der Waals surface area (Å²) in [5.74, 6) is 0.469. The molecule has 6 nitrogen and oxygen atoms in total. The molecule has 1 aliphatic heterocycles. The SMILES string of the molecule is COc1cc(NC(=O)[C@H]2CCCN2C(=O)[C@H](C)[NH3+])cc2ccccc12. The molecule has 0 radical (unpaired) electrons. The molecule has 0 unspecified atom stereocenters. The van der Waals surface area contributed by atoms with E-state index < -0.39 is 6.04 Å². The summed E-state index contributed by atoms with van der Waals surface area (Å²) < 4.78 is 5.44. The second kappa shape index (κ2) is 7.11. The highest BCUT2D eigenvalue weighted by atomic mass is 16.5. The van der Waals surface area contributed by atoms with E-state index in [1.165, 1.54) is 0 Å². The Kier molecular flexibility index (Phi) is 4.90. The number of hydrogen-bond donors (Lipinski definition) is 2. The molecule has 1 fully saturated rings. The fourth-order valence-electron chi connectivity index (χ4n) is 3.33. The number of anilines is 1. The first-order valence-corrected chi connectivity index (χ1v) is 8.52. The van der Waals surface area contributed by atoms with Crippen molar-refractivity contribution in [2.24, 2.45) is 0 Å². The molecule has 1 aliphatic rings. The first-order chi connectivity index (χ1) is 12.0. The van der Waals surface area contributed by atoms with E-state index in [9.17, 15) is 9.59 Å². The van der Waals surface area contributed by atoms with Crippen molar-refractivity contribution in [3.8, 4) is 5.75 Å². The molecule has 0 spiro atoms. The van der Waals surface area contributed by atoms with Crippen LogP contribution in [0.2, 0.25) is 0 Å². The third kappa shape index (κ3) is 3.44. The molecule has 2 amide bonds. The van der Waals surface area contributed by atoms with Gasteiger partial charge in [-0.2, -0.15) is 0 Å². The zero-order valence-electron chi connectivity index (χ0n) is 14.6. The number of rotatable bonds is 4. The van der Waals surface area contributed by atoms with E-state index in [2.05, 4.69) is 11.1 Å². The van der Waals surface area contributed by atoms with E-state index in [0.717, 1.165) is 17.2 Å². The molecule has 0 bridgehead atoms. The molecule has 2 aromatic carbocycles. The van der Waals surface area contributed by atoms with Crippen molar-refractivity contribution in [3.63, 3.8) is 0 Å². The van der Waals surface area contributed by atoms with Gasteiger partial charge in [-0.1, -0.05) is 24.3 Å². The lowest BCUT2D eigenvalue weighted by molar-refractivity contribution is -0.400. The number of methoxy groups -OCH3 is 1. The van der Waals surface area contributed by atoms with E-state index >= 15 is 0 Å². The van der Waals surface area contributed by atoms with Crippen LogP contribution in [0.4, 0.5) is 5.69 Å². The van der Waals surface area contributed by atoms with Crippen LogP contribution in [0, 0.1) is 0 Å². The van der Waals surface area contributed by atoms with Gasteiger partial charge in [-0.25, -0.2) is 0 Å². The molecule has 6 heteroatoms. The smallest absolute Gasteiger partial charge is 0.281 e. The Morgan fingerprint density at radius 2 is 2.08 bits per heavy atom. The Balaban J connectivity index is 1.83. The number of carbonyl (C=O) groups is 2. The molecule has 4 N–H and O–H groups in total. The number of amides is 2. The fourth-order valence-corrected chi connectivity index (χ4v) is 3.33. The lowest BCUT2D eigenvalue weighted by Crippen LogP contribution is -2.67. The van der Waals surface area contributed by atoms with Crippen LogP contribution in [0.3, 0.4) is 0 Å². The second-order valence-electron chi connectivity index (χ2n) is 6.48. The topological polar surface area (TPSA) is 86.3 Å². The number of carbonyl (C=O) groups excluding carboxylic acids is 2. The van der Waals surface area contributed by atoms with Crippen LogP contribution in [-0.2, 0) is 9.59 Å². The summed E-state index contributed by atoms with van der Waals surface area (Å²) in [5.41, 5.74) is 4.45. The van der Waals surface area contributed by atoms with Crippen LogP contribution in [0.15, 0.2) is 36.4 Å². The Bertz CT molecular complexity index is 804. The Labute approximate surface area is 146 Å². The lowest BCUT2D eigenvalue weighted by Gasteiger charge is -2.24. The third-order valence-corrected chi connectivity index (χ3v) is 4.57. The van der Waals surface area contributed by atoms with Crippen molar-refractivity contribution >= 4 is 28.3 Å². The molecular formula is C19H24N3O3+. The van der Waals surface area contributed by atoms with Crippen LogP contribution in [0.1, 0.15) is 19.8 Å². The van der Waals surface area contributed by atoms with E-state index in [0.29, 0.717) is 24.4 Å². The molecule has 0 aliphatic carbocycles. The van der Waals surface area contributed by atoms with E-state index in [4.69, 9.17) is 4.74 Å². The van der Waals surface area contributed by atoms with Crippen LogP contribution in [-0.4, -0.2) is 42.5 Å². The number of quaternary nitrogens is 1. The molecule has 2 aromatic rings. The molecule has 0 saturated carbocycles. The average molecular weight is 342 g/mol. The maximum atomic E-state index is 12.7. The highest BCUT2D eigenvalue weighted by Gasteiger charge is 2.36. The summed E-state index contributed by atoms with van der Waals surface area (Å²) in [6.07, 6.45) is 1.51. The van der Waals surface area contributed by atoms with E-state index in [-0.39, 0.29) is 17.9 Å². The quantitative estimate of drug-likeness (QED) is 0.881. The van der Waals surface area contributed by atoms with Gasteiger partial charge < -0.3 is 20.7 Å². The van der Waals surface area contributed by atoms with Gasteiger partial charge in [-0.3, -0.25) is 9.59 Å². The molecule has 1 saturated heterocycles. The van der Waals surface area contributed by atoms with Crippen LogP contribution < -0.4 is 15.8 Å². The first kappa shape index (κ1) is 17.2. The number of ether oxygens (including phenoxy) is 1. The van der Waals surface area contributed by atoms with Crippen LogP contribution >= 0.6 is 0 Å². The summed E-state index contributed by atoms with van der Waals surface area (Å²) in [6.45, 7) is 2.36. The number of fused-ring (bicyclic) bond motifs is 1. The lowest BCUT2D eigenvalue weighted by atomic mass is 10.1. The highest BCUT2D eigenvalue weighted by Crippen LogP contribution is 2.30. The average Bonchev–Trinajstić information content (AvgIpc) is 3.09. The minimum absolute atomic E-state index is 0.0752. The standard InChI is InChI=1S/C19H23N3O3/c1-12(20)19(24)22-9-5-8-16(22)18(23)21-14-10-13-6-3-4-7-15(13)17(11-14)25-2/h3-4,6-7,10-12,16H,5,8-9,20H2,1-2H3,(H,21,23)/p+1/t12-,16+/m0/s1. The molecule has 132 valence electrons. The molecular weight excluding hydrogens is 318 g/mol. The Morgan fingerprint density at radius 3 is 2.80 bits per heavy atom.